The van der Waals surface area contributed by atoms with Crippen LogP contribution >= 0.6 is 0 Å². The van der Waals surface area contributed by atoms with Crippen molar-refractivity contribution in [1.82, 2.24) is 0 Å². The van der Waals surface area contributed by atoms with Gasteiger partial charge in [-0.25, -0.2) is 0 Å². The van der Waals surface area contributed by atoms with E-state index >= 15 is 0 Å². The van der Waals surface area contributed by atoms with Gasteiger partial charge in [-0.3, -0.25) is 4.79 Å². The minimum Gasteiger partial charge on any atom is -0.454 e. The molecule has 0 amide bonds. The van der Waals surface area contributed by atoms with Crippen LogP contribution in [0.1, 0.15) is 73.7 Å². The summed E-state index contributed by atoms with van der Waals surface area (Å²) < 4.78 is 155. The Hall–Kier alpha value is -10.7. The van der Waals surface area contributed by atoms with Crippen molar-refractivity contribution in [3.63, 3.8) is 0 Å². The molecule has 12 aromatic carbocycles. The second-order valence-corrected chi connectivity index (χ2v) is 33.4. The molecule has 16 rings (SSSR count). The standard InChI is InChI=1S/C111H118O22/c1-79(112)126-105-101(123-72-89-57-33-12-34-58-89)97(119-68-85-49-25-8-26-50-85)93(76-115-64-81-41-17-4-18-42-81)128-109(105)132-107-103(125-74-91-61-37-14-38-62-91)99(121-70-87-53-29-10-30-54-87)95(78-117-66-83-45-21-6-22-46-83)130-111(107)133-106-102(124-73-90-59-35-13-36-60-90)98(120-69-86-51-27-9-28-52-86)94(77-116-65-82-43-19-5-20-44-82)129-110(106)131-104-100(122-71-88-55-31-11-32-56-88)96(118-67-84-47-23-7-24-48-84)92(127-108(104)113-2)75-114-63-80-39-15-3-16-40-80/h3-62,92-111H,63-78H2,1-2H3/t92-,93-,94-,95-,96-,97-,98-,99-,100+,101+,102+,103+,104+,105+,106+,107+,108+,109-,110-,111-/m1/s1. The average molecular weight is 1800 g/mol. The number of hydrogen-bond donors (Lipinski definition) is 0. The van der Waals surface area contributed by atoms with Crippen molar-refractivity contribution < 1.29 is 104 Å². The highest BCUT2D eigenvalue weighted by atomic mass is 16.8. The maximum absolute atomic E-state index is 14.5. The van der Waals surface area contributed by atoms with Gasteiger partial charge < -0.3 is 99.5 Å². The molecule has 0 radical (unpaired) electrons. The fourth-order valence-corrected chi connectivity index (χ4v) is 16.9. The van der Waals surface area contributed by atoms with E-state index in [2.05, 4.69) is 0 Å². The zero-order valence-corrected chi connectivity index (χ0v) is 75.0. The summed E-state index contributed by atoms with van der Waals surface area (Å²) in [4.78, 5) is 14.5. The molecule has 4 aliphatic heterocycles. The number of methoxy groups -OCH3 is 1. The van der Waals surface area contributed by atoms with Gasteiger partial charge >= 0.3 is 5.97 Å². The highest BCUT2D eigenvalue weighted by Crippen LogP contribution is 2.42. The lowest BCUT2D eigenvalue weighted by molar-refractivity contribution is -0.416. The summed E-state index contributed by atoms with van der Waals surface area (Å²) in [7, 11) is 1.56. The molecule has 694 valence electrons. The number of rotatable bonds is 48. The van der Waals surface area contributed by atoms with Gasteiger partial charge in [0.25, 0.3) is 0 Å². The lowest BCUT2D eigenvalue weighted by Crippen LogP contribution is -2.69. The number of ether oxygens (including phenoxy) is 21. The normalized spacial score (nSPS) is 25.3. The number of benzene rings is 12. The zero-order chi connectivity index (χ0) is 90.6. The summed E-state index contributed by atoms with van der Waals surface area (Å²) in [6.07, 6.45) is -24.6. The van der Waals surface area contributed by atoms with Crippen molar-refractivity contribution in [2.24, 2.45) is 0 Å². The SMILES string of the molecule is CO[C@H]1O[C@H](COCc2ccccc2)[C@@H](OCc2ccccc2)[C@H](OCc2ccccc2)[C@@H]1O[C@H]1O[C@H](COCc2ccccc2)[C@@H](OCc2ccccc2)[C@H](OCc2ccccc2)[C@@H]1O[C@H]1O[C@H](COCc2ccccc2)[C@@H](OCc2ccccc2)[C@H](OCc2ccccc2)[C@@H]1O[C@H]1O[C@H](COCc2ccccc2)[C@@H](OCc2ccccc2)[C@H](OCc2ccccc2)[C@@H]1OC(C)=O. The second kappa shape index (κ2) is 51.1. The van der Waals surface area contributed by atoms with Crippen LogP contribution in [0.15, 0.2) is 364 Å². The van der Waals surface area contributed by atoms with E-state index in [0.717, 1.165) is 66.8 Å². The predicted molar refractivity (Wildman–Crippen MR) is 496 cm³/mol. The minimum absolute atomic E-state index is 0.00217. The van der Waals surface area contributed by atoms with Crippen LogP contribution in [0.3, 0.4) is 0 Å². The Morgan fingerprint density at radius 2 is 0.361 bits per heavy atom. The minimum atomic E-state index is -1.67. The topological polar surface area (TPSA) is 211 Å². The maximum atomic E-state index is 14.5. The van der Waals surface area contributed by atoms with Gasteiger partial charge in [0.15, 0.2) is 31.3 Å². The van der Waals surface area contributed by atoms with Crippen LogP contribution in [0.25, 0.3) is 0 Å². The fourth-order valence-electron chi connectivity index (χ4n) is 16.9. The van der Waals surface area contributed by atoms with Crippen LogP contribution in [0, 0.1) is 0 Å². The van der Waals surface area contributed by atoms with Crippen molar-refractivity contribution in [3.05, 3.63) is 431 Å². The van der Waals surface area contributed by atoms with E-state index in [4.69, 9.17) is 99.5 Å². The predicted octanol–water partition coefficient (Wildman–Crippen LogP) is 18.2. The van der Waals surface area contributed by atoms with Gasteiger partial charge in [-0.05, 0) is 66.8 Å². The zero-order valence-electron chi connectivity index (χ0n) is 75.0. The van der Waals surface area contributed by atoms with Gasteiger partial charge in [-0.15, -0.1) is 0 Å². The average Bonchev–Trinajstić information content (AvgIpc) is 0.756. The van der Waals surface area contributed by atoms with E-state index in [1.165, 1.54) is 6.92 Å². The molecule has 4 heterocycles. The molecule has 133 heavy (non-hydrogen) atoms. The van der Waals surface area contributed by atoms with E-state index in [9.17, 15) is 4.79 Å². The van der Waals surface area contributed by atoms with Gasteiger partial charge in [0, 0.05) is 14.0 Å². The summed E-state index contributed by atoms with van der Waals surface area (Å²) in [5, 5.41) is 0. The first-order valence-electron chi connectivity index (χ1n) is 45.7. The van der Waals surface area contributed by atoms with Gasteiger partial charge in [-0.2, -0.15) is 0 Å². The van der Waals surface area contributed by atoms with E-state index in [-0.39, 0.29) is 106 Å². The summed E-state index contributed by atoms with van der Waals surface area (Å²) in [5.41, 5.74) is 10.5. The first-order chi connectivity index (χ1) is 65.7. The Bertz CT molecular complexity index is 5220. The number of esters is 1. The molecular weight excluding hydrogens is 1690 g/mol. The summed E-state index contributed by atoms with van der Waals surface area (Å²) in [6.45, 7) is 2.41. The molecule has 0 aromatic heterocycles. The lowest BCUT2D eigenvalue weighted by atomic mass is 9.94. The Balaban J connectivity index is 0.879. The lowest BCUT2D eigenvalue weighted by Gasteiger charge is -2.52. The molecule has 4 fully saturated rings. The van der Waals surface area contributed by atoms with Crippen molar-refractivity contribution in [1.29, 1.82) is 0 Å². The third-order valence-corrected chi connectivity index (χ3v) is 23.6. The van der Waals surface area contributed by atoms with Crippen molar-refractivity contribution >= 4 is 5.97 Å². The molecule has 0 aliphatic carbocycles. The molecule has 0 saturated carbocycles. The molecule has 12 aromatic rings. The van der Waals surface area contributed by atoms with Gasteiger partial charge in [0.2, 0.25) is 0 Å². The van der Waals surface area contributed by atoms with Crippen LogP contribution < -0.4 is 0 Å². The first-order valence-corrected chi connectivity index (χ1v) is 45.7. The molecule has 4 saturated heterocycles. The maximum Gasteiger partial charge on any atom is 0.303 e. The van der Waals surface area contributed by atoms with Crippen LogP contribution in [0.5, 0.6) is 0 Å². The van der Waals surface area contributed by atoms with E-state index in [1.54, 1.807) is 7.11 Å². The molecule has 22 heteroatoms. The van der Waals surface area contributed by atoms with Gasteiger partial charge in [0.1, 0.15) is 91.6 Å². The van der Waals surface area contributed by atoms with Crippen molar-refractivity contribution in [3.8, 4) is 0 Å². The smallest absolute Gasteiger partial charge is 0.303 e. The van der Waals surface area contributed by atoms with E-state index in [1.807, 2.05) is 364 Å². The van der Waals surface area contributed by atoms with Crippen LogP contribution in [0.4, 0.5) is 0 Å². The summed E-state index contributed by atoms with van der Waals surface area (Å²) in [6, 6.07) is 118. The molecule has 0 bridgehead atoms. The van der Waals surface area contributed by atoms with E-state index in [0.29, 0.717) is 0 Å². The van der Waals surface area contributed by atoms with Gasteiger partial charge in [0.05, 0.1) is 106 Å². The molecular formula is C111H118O22. The third-order valence-electron chi connectivity index (χ3n) is 23.6. The fraction of sp³-hybridized carbons (Fsp3) is 0.342. The third kappa shape index (κ3) is 28.2. The largest absolute Gasteiger partial charge is 0.454 e. The molecule has 0 spiro atoms. The van der Waals surface area contributed by atoms with Crippen molar-refractivity contribution in [2.75, 3.05) is 33.5 Å². The van der Waals surface area contributed by atoms with E-state index < -0.39 is 129 Å². The molecule has 4 aliphatic rings. The van der Waals surface area contributed by atoms with Crippen molar-refractivity contribution in [2.45, 2.75) is 209 Å². The van der Waals surface area contributed by atoms with Gasteiger partial charge in [-0.1, -0.05) is 364 Å². The number of carbonyl (C=O) groups excluding carboxylic acids is 1. The molecule has 20 atom stereocenters. The number of hydrogen-bond acceptors (Lipinski definition) is 22. The Morgan fingerprint density at radius 3 is 0.549 bits per heavy atom. The van der Waals surface area contributed by atoms with Crippen LogP contribution in [0.2, 0.25) is 0 Å². The van der Waals surface area contributed by atoms with Crippen LogP contribution in [-0.4, -0.2) is 162 Å². The molecule has 22 nitrogen and oxygen atoms in total. The summed E-state index contributed by atoms with van der Waals surface area (Å²) >= 11 is 0. The second-order valence-electron chi connectivity index (χ2n) is 33.4. The quantitative estimate of drug-likeness (QED) is 0.0324. The highest BCUT2D eigenvalue weighted by Gasteiger charge is 2.60. The monoisotopic (exact) mass is 1800 g/mol. The Labute approximate surface area is 779 Å². The molecule has 0 unspecified atom stereocenters. The molecule has 0 N–H and O–H groups in total. The Morgan fingerprint density at radius 1 is 0.203 bits per heavy atom. The first kappa shape index (κ1) is 95.5. The highest BCUT2D eigenvalue weighted by molar-refractivity contribution is 5.66. The number of carbonyl (C=O) groups is 1. The summed E-state index contributed by atoms with van der Waals surface area (Å²) in [5.74, 6) is -0.673. The van der Waals surface area contributed by atoms with Crippen LogP contribution in [-0.2, 0) is 184 Å². The Kier molecular flexibility index (Phi) is 36.7.